The summed E-state index contributed by atoms with van der Waals surface area (Å²) in [6, 6.07) is 0. The Hall–Kier alpha value is -1.10. The van der Waals surface area contributed by atoms with Crippen molar-refractivity contribution in [3.8, 4) is 0 Å². The molecule has 1 heterocycles. The van der Waals surface area contributed by atoms with Crippen LogP contribution >= 0.6 is 0 Å². The van der Waals surface area contributed by atoms with Gasteiger partial charge < -0.3 is 14.2 Å². The molecule has 0 aromatic rings. The third kappa shape index (κ3) is 4.81. The average Bonchev–Trinajstić information content (AvgIpc) is 2.14. The summed E-state index contributed by atoms with van der Waals surface area (Å²) < 4.78 is 14.7. The monoisotopic (exact) mass is 202 g/mol. The van der Waals surface area contributed by atoms with Crippen LogP contribution in [0.25, 0.3) is 0 Å². The van der Waals surface area contributed by atoms with Crippen molar-refractivity contribution >= 4 is 11.9 Å². The van der Waals surface area contributed by atoms with Gasteiger partial charge in [0, 0.05) is 12.8 Å². The number of carbonyl (C=O) groups is 2. The van der Waals surface area contributed by atoms with Gasteiger partial charge in [0.2, 0.25) is 0 Å². The van der Waals surface area contributed by atoms with Crippen molar-refractivity contribution in [3.63, 3.8) is 0 Å². The van der Waals surface area contributed by atoms with Crippen LogP contribution in [0.2, 0.25) is 0 Å². The molecule has 14 heavy (non-hydrogen) atoms. The van der Waals surface area contributed by atoms with E-state index in [0.29, 0.717) is 19.6 Å². The molecule has 80 valence electrons. The molecular weight excluding hydrogens is 188 g/mol. The van der Waals surface area contributed by atoms with Crippen molar-refractivity contribution in [3.05, 3.63) is 0 Å². The highest BCUT2D eigenvalue weighted by molar-refractivity contribution is 5.72. The highest BCUT2D eigenvalue weighted by Crippen LogP contribution is 2.00. The summed E-state index contributed by atoms with van der Waals surface area (Å²) in [7, 11) is 0. The van der Waals surface area contributed by atoms with Crippen LogP contribution in [0, 0.1) is 0 Å². The largest absolute Gasteiger partial charge is 0.463 e. The summed E-state index contributed by atoms with van der Waals surface area (Å²) in [6.07, 6.45) is 1.00. The van der Waals surface area contributed by atoms with Crippen LogP contribution in [0.4, 0.5) is 0 Å². The van der Waals surface area contributed by atoms with E-state index in [0.717, 1.165) is 0 Å². The molecule has 1 fully saturated rings. The number of hydrogen-bond acceptors (Lipinski definition) is 5. The lowest BCUT2D eigenvalue weighted by Gasteiger charge is -2.09. The van der Waals surface area contributed by atoms with Crippen LogP contribution in [-0.4, -0.2) is 38.4 Å². The van der Waals surface area contributed by atoms with Crippen molar-refractivity contribution in [2.75, 3.05) is 26.4 Å². The van der Waals surface area contributed by atoms with Crippen LogP contribution in [-0.2, 0) is 23.8 Å². The van der Waals surface area contributed by atoms with E-state index in [-0.39, 0.29) is 38.0 Å². The molecule has 0 aromatic carbocycles. The van der Waals surface area contributed by atoms with Gasteiger partial charge in [-0.05, 0) is 6.42 Å². The maximum atomic E-state index is 11.0. The third-order valence-corrected chi connectivity index (χ3v) is 1.74. The Morgan fingerprint density at radius 3 is 1.79 bits per heavy atom. The van der Waals surface area contributed by atoms with Crippen LogP contribution in [0.5, 0.6) is 0 Å². The molecule has 1 aliphatic rings. The number of hydrogen-bond donors (Lipinski definition) is 0. The Bertz CT molecular complexity index is 181. The van der Waals surface area contributed by atoms with Crippen molar-refractivity contribution in [2.24, 2.45) is 0 Å². The van der Waals surface area contributed by atoms with Gasteiger partial charge >= 0.3 is 11.9 Å². The van der Waals surface area contributed by atoms with Gasteiger partial charge in [-0.25, -0.2) is 0 Å². The summed E-state index contributed by atoms with van der Waals surface area (Å²) >= 11 is 0. The molecule has 0 atom stereocenters. The van der Waals surface area contributed by atoms with Gasteiger partial charge in [0.1, 0.15) is 13.2 Å². The summed E-state index contributed by atoms with van der Waals surface area (Å²) in [4.78, 5) is 22.0. The lowest BCUT2D eigenvalue weighted by Crippen LogP contribution is -2.16. The fourth-order valence-corrected chi connectivity index (χ4v) is 1.05. The standard InChI is InChI=1S/C9H14O5/c10-8-2-1-3-9(11)14-7-5-12-4-6-13-8/h1-7H2. The van der Waals surface area contributed by atoms with Crippen LogP contribution in [0.3, 0.4) is 0 Å². The predicted molar refractivity (Wildman–Crippen MR) is 46.6 cm³/mol. The van der Waals surface area contributed by atoms with E-state index in [2.05, 4.69) is 0 Å². The summed E-state index contributed by atoms with van der Waals surface area (Å²) in [5, 5.41) is 0. The lowest BCUT2D eigenvalue weighted by molar-refractivity contribution is -0.149. The molecule has 5 nitrogen and oxygen atoms in total. The molecular formula is C9H14O5. The van der Waals surface area contributed by atoms with Gasteiger partial charge in [0.25, 0.3) is 0 Å². The van der Waals surface area contributed by atoms with Crippen molar-refractivity contribution in [1.82, 2.24) is 0 Å². The molecule has 0 N–H and O–H groups in total. The molecule has 0 spiro atoms. The van der Waals surface area contributed by atoms with Crippen LogP contribution in [0.1, 0.15) is 19.3 Å². The van der Waals surface area contributed by atoms with E-state index in [9.17, 15) is 9.59 Å². The Kier molecular flexibility index (Phi) is 4.99. The van der Waals surface area contributed by atoms with Gasteiger partial charge in [0.15, 0.2) is 0 Å². The number of carbonyl (C=O) groups excluding carboxylic acids is 2. The predicted octanol–water partition coefficient (Wildman–Crippen LogP) is 0.273. The third-order valence-electron chi connectivity index (χ3n) is 1.74. The topological polar surface area (TPSA) is 61.8 Å². The minimum Gasteiger partial charge on any atom is -0.463 e. The zero-order chi connectivity index (χ0) is 10.2. The zero-order valence-corrected chi connectivity index (χ0v) is 7.99. The smallest absolute Gasteiger partial charge is 0.305 e. The Labute approximate surface area is 82.3 Å². The number of ether oxygens (including phenoxy) is 3. The van der Waals surface area contributed by atoms with Gasteiger partial charge in [-0.15, -0.1) is 0 Å². The molecule has 0 radical (unpaired) electrons. The minimum atomic E-state index is -0.290. The molecule has 1 aliphatic heterocycles. The van der Waals surface area contributed by atoms with Crippen LogP contribution in [0.15, 0.2) is 0 Å². The number of rotatable bonds is 0. The first-order valence-corrected chi connectivity index (χ1v) is 4.68. The summed E-state index contributed by atoms with van der Waals surface area (Å²) in [5.41, 5.74) is 0. The number of cyclic esters (lactones) is 2. The minimum absolute atomic E-state index is 0.259. The second kappa shape index (κ2) is 6.37. The van der Waals surface area contributed by atoms with Crippen LogP contribution < -0.4 is 0 Å². The zero-order valence-electron chi connectivity index (χ0n) is 7.99. The molecule has 1 saturated heterocycles. The first kappa shape index (κ1) is 11.0. The first-order valence-electron chi connectivity index (χ1n) is 4.68. The second-order valence-electron chi connectivity index (χ2n) is 2.91. The quantitative estimate of drug-likeness (QED) is 0.528. The highest BCUT2D eigenvalue weighted by atomic mass is 16.6. The van der Waals surface area contributed by atoms with Gasteiger partial charge in [-0.1, -0.05) is 0 Å². The highest BCUT2D eigenvalue weighted by Gasteiger charge is 2.08. The van der Waals surface area contributed by atoms with Gasteiger partial charge in [-0.2, -0.15) is 0 Å². The van der Waals surface area contributed by atoms with Gasteiger partial charge in [0.05, 0.1) is 13.2 Å². The van der Waals surface area contributed by atoms with E-state index >= 15 is 0 Å². The molecule has 0 saturated carbocycles. The van der Waals surface area contributed by atoms with E-state index in [4.69, 9.17) is 14.2 Å². The molecule has 1 rings (SSSR count). The fourth-order valence-electron chi connectivity index (χ4n) is 1.05. The molecule has 0 aliphatic carbocycles. The van der Waals surface area contributed by atoms with Crippen molar-refractivity contribution in [2.45, 2.75) is 19.3 Å². The first-order chi connectivity index (χ1) is 6.79. The summed E-state index contributed by atoms with van der Waals surface area (Å²) in [6.45, 7) is 1.24. The van der Waals surface area contributed by atoms with E-state index < -0.39 is 0 Å². The maximum absolute atomic E-state index is 11.0. The van der Waals surface area contributed by atoms with E-state index in [1.165, 1.54) is 0 Å². The van der Waals surface area contributed by atoms with Crippen molar-refractivity contribution in [1.29, 1.82) is 0 Å². The molecule has 0 bridgehead atoms. The molecule has 5 heteroatoms. The SMILES string of the molecule is O=C1CCCC(=O)OCCOCCO1. The summed E-state index contributed by atoms with van der Waals surface area (Å²) in [5.74, 6) is -0.580. The molecule has 0 amide bonds. The van der Waals surface area contributed by atoms with Crippen molar-refractivity contribution < 1.29 is 23.8 Å². The molecule has 0 aromatic heterocycles. The van der Waals surface area contributed by atoms with E-state index in [1.54, 1.807) is 0 Å². The number of esters is 2. The Morgan fingerprint density at radius 1 is 0.786 bits per heavy atom. The second-order valence-corrected chi connectivity index (χ2v) is 2.91. The van der Waals surface area contributed by atoms with Gasteiger partial charge in [-0.3, -0.25) is 9.59 Å². The Balaban J connectivity index is 2.28. The maximum Gasteiger partial charge on any atom is 0.305 e. The average molecular weight is 202 g/mol. The van der Waals surface area contributed by atoms with E-state index in [1.807, 2.05) is 0 Å². The lowest BCUT2D eigenvalue weighted by atomic mass is 10.2. The fraction of sp³-hybridized carbons (Fsp3) is 0.778. The Morgan fingerprint density at radius 2 is 1.29 bits per heavy atom. The molecule has 0 unspecified atom stereocenters. The normalized spacial score (nSPS) is 21.4.